The summed E-state index contributed by atoms with van der Waals surface area (Å²) in [7, 11) is 1.92. The molecule has 1 N–H and O–H groups in total. The lowest BCUT2D eigenvalue weighted by molar-refractivity contribution is 0.0697. The van der Waals surface area contributed by atoms with Gasteiger partial charge in [-0.25, -0.2) is 9.78 Å². The number of imidazole rings is 1. The molecule has 0 saturated carbocycles. The van der Waals surface area contributed by atoms with Gasteiger partial charge in [0.25, 0.3) is 0 Å². The lowest BCUT2D eigenvalue weighted by atomic mass is 10.2. The molecular formula is C14H14N4O2. The third-order valence-corrected chi connectivity index (χ3v) is 3.40. The summed E-state index contributed by atoms with van der Waals surface area (Å²) in [6.45, 7) is 0.780. The van der Waals surface area contributed by atoms with Gasteiger partial charge in [0.1, 0.15) is 0 Å². The Morgan fingerprint density at radius 2 is 2.20 bits per heavy atom. The van der Waals surface area contributed by atoms with Crippen molar-refractivity contribution in [2.45, 2.75) is 13.0 Å². The van der Waals surface area contributed by atoms with Gasteiger partial charge < -0.3 is 9.67 Å². The highest BCUT2D eigenvalue weighted by molar-refractivity contribution is 5.92. The molecule has 0 bridgehead atoms. The van der Waals surface area contributed by atoms with Crippen LogP contribution in [0.25, 0.3) is 11.0 Å². The molecular weight excluding hydrogens is 256 g/mol. The van der Waals surface area contributed by atoms with Crippen molar-refractivity contribution in [1.82, 2.24) is 19.3 Å². The number of aryl methyl sites for hydroxylation is 3. The summed E-state index contributed by atoms with van der Waals surface area (Å²) >= 11 is 0. The number of carbonyl (C=O) groups is 1. The van der Waals surface area contributed by atoms with Crippen LogP contribution >= 0.6 is 0 Å². The summed E-state index contributed by atoms with van der Waals surface area (Å²) in [5.41, 5.74) is 3.05. The Balaban J connectivity index is 1.85. The standard InChI is InChI=1S/C14H14N4O2/c1-17-11(4-6-16-17)5-7-18-9-15-12-8-10(14(19)20)2-3-13(12)18/h2-4,6,8-9H,5,7H2,1H3,(H,19,20). The topological polar surface area (TPSA) is 72.9 Å². The highest BCUT2D eigenvalue weighted by atomic mass is 16.4. The van der Waals surface area contributed by atoms with Crippen molar-refractivity contribution in [2.75, 3.05) is 0 Å². The largest absolute Gasteiger partial charge is 0.478 e. The zero-order chi connectivity index (χ0) is 14.1. The first-order chi connectivity index (χ1) is 9.65. The van der Waals surface area contributed by atoms with Gasteiger partial charge in [-0.15, -0.1) is 0 Å². The van der Waals surface area contributed by atoms with Crippen LogP contribution in [0.1, 0.15) is 16.1 Å². The summed E-state index contributed by atoms with van der Waals surface area (Å²) in [4.78, 5) is 15.2. The number of rotatable bonds is 4. The van der Waals surface area contributed by atoms with Gasteiger partial charge in [0, 0.05) is 31.9 Å². The van der Waals surface area contributed by atoms with Gasteiger partial charge in [0.15, 0.2) is 0 Å². The molecule has 3 rings (SSSR count). The molecule has 2 aromatic heterocycles. The molecule has 0 aliphatic rings. The first kappa shape index (κ1) is 12.4. The van der Waals surface area contributed by atoms with Gasteiger partial charge in [0.05, 0.1) is 22.9 Å². The molecule has 0 aliphatic heterocycles. The number of carboxylic acids is 1. The summed E-state index contributed by atoms with van der Waals surface area (Å²) in [5.74, 6) is -0.934. The first-order valence-corrected chi connectivity index (χ1v) is 6.30. The van der Waals surface area contributed by atoms with Gasteiger partial charge in [-0.1, -0.05) is 0 Å². The van der Waals surface area contributed by atoms with E-state index in [2.05, 4.69) is 10.1 Å². The molecule has 6 nitrogen and oxygen atoms in total. The Morgan fingerprint density at radius 3 is 2.90 bits per heavy atom. The van der Waals surface area contributed by atoms with E-state index < -0.39 is 5.97 Å². The number of nitrogens with zero attached hydrogens (tertiary/aromatic N) is 4. The van der Waals surface area contributed by atoms with Crippen LogP contribution in [-0.4, -0.2) is 30.4 Å². The second-order valence-electron chi connectivity index (χ2n) is 4.64. The number of carboxylic acid groups (broad SMARTS) is 1. The molecule has 0 spiro atoms. The molecule has 0 radical (unpaired) electrons. The van der Waals surface area contributed by atoms with Crippen LogP contribution < -0.4 is 0 Å². The highest BCUT2D eigenvalue weighted by Gasteiger charge is 2.08. The molecule has 2 heterocycles. The zero-order valence-electron chi connectivity index (χ0n) is 11.0. The minimum absolute atomic E-state index is 0.259. The van der Waals surface area contributed by atoms with Crippen LogP contribution in [-0.2, 0) is 20.0 Å². The lowest BCUT2D eigenvalue weighted by Crippen LogP contribution is -2.04. The van der Waals surface area contributed by atoms with Crippen LogP contribution in [0.3, 0.4) is 0 Å². The van der Waals surface area contributed by atoms with E-state index in [1.165, 1.54) is 0 Å². The fourth-order valence-corrected chi connectivity index (χ4v) is 2.26. The smallest absolute Gasteiger partial charge is 0.335 e. The quantitative estimate of drug-likeness (QED) is 0.783. The monoisotopic (exact) mass is 270 g/mol. The molecule has 0 unspecified atom stereocenters. The van der Waals surface area contributed by atoms with E-state index in [-0.39, 0.29) is 5.56 Å². The summed E-state index contributed by atoms with van der Waals surface area (Å²) in [6.07, 6.45) is 4.37. The van der Waals surface area contributed by atoms with E-state index >= 15 is 0 Å². The first-order valence-electron chi connectivity index (χ1n) is 6.30. The maximum atomic E-state index is 10.9. The van der Waals surface area contributed by atoms with Crippen molar-refractivity contribution >= 4 is 17.0 Å². The molecule has 0 fully saturated rings. The van der Waals surface area contributed by atoms with E-state index in [0.717, 1.165) is 24.2 Å². The minimum atomic E-state index is -0.934. The number of hydrogen-bond donors (Lipinski definition) is 1. The van der Waals surface area contributed by atoms with E-state index in [0.29, 0.717) is 5.52 Å². The Bertz CT molecular complexity index is 772. The molecule has 0 atom stereocenters. The van der Waals surface area contributed by atoms with Crippen LogP contribution in [0, 0.1) is 0 Å². The average Bonchev–Trinajstić information content (AvgIpc) is 3.02. The number of aromatic nitrogens is 4. The second-order valence-corrected chi connectivity index (χ2v) is 4.64. The fraction of sp³-hybridized carbons (Fsp3) is 0.214. The average molecular weight is 270 g/mol. The maximum Gasteiger partial charge on any atom is 0.335 e. The summed E-state index contributed by atoms with van der Waals surface area (Å²) in [6, 6.07) is 6.99. The van der Waals surface area contributed by atoms with Crippen LogP contribution in [0.4, 0.5) is 0 Å². The molecule has 0 aliphatic carbocycles. The van der Waals surface area contributed by atoms with Gasteiger partial charge in [0.2, 0.25) is 0 Å². The Hall–Kier alpha value is -2.63. The van der Waals surface area contributed by atoms with Gasteiger partial charge >= 0.3 is 5.97 Å². The van der Waals surface area contributed by atoms with Crippen molar-refractivity contribution in [3.05, 3.63) is 48.0 Å². The Labute approximate surface area is 115 Å². The maximum absolute atomic E-state index is 10.9. The van der Waals surface area contributed by atoms with Crippen LogP contribution in [0.5, 0.6) is 0 Å². The van der Waals surface area contributed by atoms with Crippen molar-refractivity contribution in [3.63, 3.8) is 0 Å². The third kappa shape index (κ3) is 2.16. The van der Waals surface area contributed by atoms with Crippen molar-refractivity contribution in [3.8, 4) is 0 Å². The molecule has 3 aromatic rings. The zero-order valence-corrected chi connectivity index (χ0v) is 11.0. The van der Waals surface area contributed by atoms with Crippen LogP contribution in [0.15, 0.2) is 36.8 Å². The normalized spacial score (nSPS) is 11.1. The van der Waals surface area contributed by atoms with E-state index in [4.69, 9.17) is 5.11 Å². The van der Waals surface area contributed by atoms with Gasteiger partial charge in [-0.3, -0.25) is 4.68 Å². The third-order valence-electron chi connectivity index (χ3n) is 3.40. The minimum Gasteiger partial charge on any atom is -0.478 e. The predicted molar refractivity (Wildman–Crippen MR) is 73.6 cm³/mol. The number of fused-ring (bicyclic) bond motifs is 1. The number of hydrogen-bond acceptors (Lipinski definition) is 3. The van der Waals surface area contributed by atoms with Gasteiger partial charge in [-0.2, -0.15) is 5.10 Å². The number of aromatic carboxylic acids is 1. The molecule has 102 valence electrons. The lowest BCUT2D eigenvalue weighted by Gasteiger charge is -2.05. The highest BCUT2D eigenvalue weighted by Crippen LogP contribution is 2.15. The Morgan fingerprint density at radius 1 is 1.35 bits per heavy atom. The van der Waals surface area contributed by atoms with Gasteiger partial charge in [-0.05, 0) is 24.3 Å². The Kier molecular flexibility index (Phi) is 2.98. The predicted octanol–water partition coefficient (Wildman–Crippen LogP) is 1.71. The van der Waals surface area contributed by atoms with E-state index in [1.807, 2.05) is 22.4 Å². The summed E-state index contributed by atoms with van der Waals surface area (Å²) in [5, 5.41) is 13.1. The van der Waals surface area contributed by atoms with Crippen molar-refractivity contribution in [1.29, 1.82) is 0 Å². The molecule has 20 heavy (non-hydrogen) atoms. The van der Waals surface area contributed by atoms with Crippen LogP contribution in [0.2, 0.25) is 0 Å². The fourth-order valence-electron chi connectivity index (χ4n) is 2.26. The molecule has 0 saturated heterocycles. The van der Waals surface area contributed by atoms with E-state index in [1.54, 1.807) is 30.7 Å². The van der Waals surface area contributed by atoms with Crippen molar-refractivity contribution < 1.29 is 9.90 Å². The summed E-state index contributed by atoms with van der Waals surface area (Å²) < 4.78 is 3.87. The molecule has 1 aromatic carbocycles. The van der Waals surface area contributed by atoms with E-state index in [9.17, 15) is 4.79 Å². The second kappa shape index (κ2) is 4.80. The molecule has 0 amide bonds. The number of benzene rings is 1. The SMILES string of the molecule is Cn1nccc1CCn1cnc2cc(C(=O)O)ccc21. The van der Waals surface area contributed by atoms with Crippen molar-refractivity contribution in [2.24, 2.45) is 7.05 Å². The molecule has 6 heteroatoms.